The summed E-state index contributed by atoms with van der Waals surface area (Å²) < 4.78 is 3.88. The van der Waals surface area contributed by atoms with Gasteiger partial charge in [-0.25, -0.2) is 4.98 Å². The van der Waals surface area contributed by atoms with Gasteiger partial charge in [-0.05, 0) is 25.8 Å². The van der Waals surface area contributed by atoms with Gasteiger partial charge in [0.25, 0.3) is 5.78 Å². The molecule has 0 bridgehead atoms. The number of anilines is 1. The lowest BCUT2D eigenvalue weighted by Crippen LogP contribution is -2.24. The van der Waals surface area contributed by atoms with Gasteiger partial charge in [-0.15, -0.1) is 0 Å². The summed E-state index contributed by atoms with van der Waals surface area (Å²) >= 11 is 0. The van der Waals surface area contributed by atoms with Crippen LogP contribution in [0.25, 0.3) is 5.78 Å². The minimum atomic E-state index is 0.408. The molecule has 0 saturated carbocycles. The first-order valence-electron chi connectivity index (χ1n) is 7.14. The van der Waals surface area contributed by atoms with Crippen LogP contribution in [-0.2, 0) is 0 Å². The highest BCUT2D eigenvalue weighted by Gasteiger charge is 2.26. The van der Waals surface area contributed by atoms with Crippen LogP contribution in [0.3, 0.4) is 0 Å². The zero-order valence-corrected chi connectivity index (χ0v) is 12.1. The zero-order valence-electron chi connectivity index (χ0n) is 12.1. The lowest BCUT2D eigenvalue weighted by atomic mass is 10.3. The molecular weight excluding hydrogens is 266 g/mol. The second-order valence-electron chi connectivity index (χ2n) is 5.61. The van der Waals surface area contributed by atoms with E-state index in [9.17, 15) is 0 Å². The number of fused-ring (bicyclic) bond motifs is 1. The van der Waals surface area contributed by atoms with Crippen LogP contribution in [0.2, 0.25) is 0 Å². The molecule has 1 saturated heterocycles. The maximum Gasteiger partial charge on any atom is 0.254 e. The van der Waals surface area contributed by atoms with Crippen LogP contribution in [0.15, 0.2) is 24.8 Å². The van der Waals surface area contributed by atoms with Crippen molar-refractivity contribution >= 4 is 11.6 Å². The summed E-state index contributed by atoms with van der Waals surface area (Å²) in [5.41, 5.74) is 2.16. The highest BCUT2D eigenvalue weighted by molar-refractivity contribution is 5.48. The van der Waals surface area contributed by atoms with E-state index >= 15 is 0 Å². The fourth-order valence-electron chi connectivity index (χ4n) is 2.94. The largest absolute Gasteiger partial charge is 0.354 e. The number of aryl methyl sites for hydroxylation is 2. The Morgan fingerprint density at radius 2 is 2.14 bits per heavy atom. The Bertz CT molecular complexity index is 788. The quantitative estimate of drug-likeness (QED) is 0.711. The molecule has 1 fully saturated rings. The minimum absolute atomic E-state index is 0.408. The first-order chi connectivity index (χ1) is 10.2. The number of aromatic nitrogens is 6. The third kappa shape index (κ3) is 2.05. The van der Waals surface area contributed by atoms with Crippen LogP contribution >= 0.6 is 0 Å². The first kappa shape index (κ1) is 12.3. The van der Waals surface area contributed by atoms with Crippen molar-refractivity contribution in [2.24, 2.45) is 0 Å². The molecule has 7 heteroatoms. The maximum absolute atomic E-state index is 4.44. The molecule has 7 nitrogen and oxygen atoms in total. The molecule has 108 valence electrons. The molecule has 3 aromatic rings. The van der Waals surface area contributed by atoms with Gasteiger partial charge in [0, 0.05) is 31.0 Å². The lowest BCUT2D eigenvalue weighted by molar-refractivity contribution is 0.494. The highest BCUT2D eigenvalue weighted by Crippen LogP contribution is 2.27. The normalized spacial score (nSPS) is 18.8. The SMILES string of the molecule is Cc1cnn(C2CCN(c3cc(C)nc4ncnn34)C2)c1. The van der Waals surface area contributed by atoms with Crippen molar-refractivity contribution < 1.29 is 0 Å². The molecule has 21 heavy (non-hydrogen) atoms. The van der Waals surface area contributed by atoms with Gasteiger partial charge in [0.2, 0.25) is 0 Å². The first-order valence-corrected chi connectivity index (χ1v) is 7.14. The standard InChI is InChI=1S/C14H17N7/c1-10-6-16-20(7-10)12-3-4-19(8-12)13-5-11(2)18-14-15-9-17-21(13)14/h5-7,9,12H,3-4,8H2,1-2H3. The fraction of sp³-hybridized carbons (Fsp3) is 0.429. The second-order valence-corrected chi connectivity index (χ2v) is 5.61. The van der Waals surface area contributed by atoms with E-state index in [2.05, 4.69) is 48.9 Å². The molecule has 0 aliphatic carbocycles. The summed E-state index contributed by atoms with van der Waals surface area (Å²) in [6, 6.07) is 2.48. The molecule has 1 aliphatic rings. The summed E-state index contributed by atoms with van der Waals surface area (Å²) in [6.45, 7) is 5.98. The molecule has 0 radical (unpaired) electrons. The van der Waals surface area contributed by atoms with E-state index < -0.39 is 0 Å². The summed E-state index contributed by atoms with van der Waals surface area (Å²) in [4.78, 5) is 10.9. The van der Waals surface area contributed by atoms with Crippen LogP contribution in [-0.4, -0.2) is 42.5 Å². The Morgan fingerprint density at radius 1 is 1.24 bits per heavy atom. The molecule has 0 N–H and O–H groups in total. The van der Waals surface area contributed by atoms with Crippen molar-refractivity contribution in [1.29, 1.82) is 0 Å². The van der Waals surface area contributed by atoms with E-state index in [1.807, 2.05) is 17.6 Å². The lowest BCUT2D eigenvalue weighted by Gasteiger charge is -2.19. The van der Waals surface area contributed by atoms with Gasteiger partial charge in [-0.3, -0.25) is 4.68 Å². The van der Waals surface area contributed by atoms with E-state index in [-0.39, 0.29) is 0 Å². The molecule has 0 amide bonds. The molecule has 4 heterocycles. The van der Waals surface area contributed by atoms with E-state index in [1.54, 1.807) is 6.33 Å². The van der Waals surface area contributed by atoms with Crippen molar-refractivity contribution in [2.45, 2.75) is 26.3 Å². The van der Waals surface area contributed by atoms with Crippen LogP contribution in [0.1, 0.15) is 23.7 Å². The van der Waals surface area contributed by atoms with E-state index in [4.69, 9.17) is 0 Å². The number of hydrogen-bond acceptors (Lipinski definition) is 5. The molecule has 4 rings (SSSR count). The Balaban J connectivity index is 1.66. The van der Waals surface area contributed by atoms with E-state index in [0.29, 0.717) is 11.8 Å². The van der Waals surface area contributed by atoms with E-state index in [1.165, 1.54) is 5.56 Å². The van der Waals surface area contributed by atoms with Gasteiger partial charge in [-0.2, -0.15) is 19.7 Å². The predicted octanol–water partition coefficient (Wildman–Crippen LogP) is 1.39. The number of rotatable bonds is 2. The molecule has 1 atom stereocenters. The number of hydrogen-bond donors (Lipinski definition) is 0. The monoisotopic (exact) mass is 283 g/mol. The smallest absolute Gasteiger partial charge is 0.254 e. The van der Waals surface area contributed by atoms with Gasteiger partial charge in [0.05, 0.1) is 12.2 Å². The van der Waals surface area contributed by atoms with Gasteiger partial charge in [-0.1, -0.05) is 0 Å². The van der Waals surface area contributed by atoms with Crippen molar-refractivity contribution in [3.05, 3.63) is 36.0 Å². The van der Waals surface area contributed by atoms with E-state index in [0.717, 1.165) is 31.0 Å². The van der Waals surface area contributed by atoms with Crippen molar-refractivity contribution in [2.75, 3.05) is 18.0 Å². The van der Waals surface area contributed by atoms with Crippen molar-refractivity contribution in [3.8, 4) is 0 Å². The van der Waals surface area contributed by atoms with Crippen molar-refractivity contribution in [3.63, 3.8) is 0 Å². The zero-order chi connectivity index (χ0) is 14.4. The Labute approximate surface area is 122 Å². The predicted molar refractivity (Wildman–Crippen MR) is 78.4 cm³/mol. The Morgan fingerprint density at radius 3 is 2.95 bits per heavy atom. The summed E-state index contributed by atoms with van der Waals surface area (Å²) in [5, 5.41) is 8.72. The third-order valence-electron chi connectivity index (χ3n) is 3.95. The topological polar surface area (TPSA) is 64.1 Å². The summed E-state index contributed by atoms with van der Waals surface area (Å²) in [5.74, 6) is 1.71. The Hall–Kier alpha value is -2.44. The number of nitrogens with zero attached hydrogens (tertiary/aromatic N) is 7. The summed E-state index contributed by atoms with van der Waals surface area (Å²) in [7, 11) is 0. The molecule has 1 aliphatic heterocycles. The fourth-order valence-corrected chi connectivity index (χ4v) is 2.94. The molecule has 0 spiro atoms. The van der Waals surface area contributed by atoms with Gasteiger partial charge in [0.15, 0.2) is 0 Å². The molecular formula is C14H17N7. The second kappa shape index (κ2) is 4.54. The van der Waals surface area contributed by atoms with Crippen LogP contribution in [0, 0.1) is 13.8 Å². The average Bonchev–Trinajstić information content (AvgIpc) is 3.15. The van der Waals surface area contributed by atoms with Crippen LogP contribution in [0.5, 0.6) is 0 Å². The minimum Gasteiger partial charge on any atom is -0.354 e. The van der Waals surface area contributed by atoms with Crippen LogP contribution < -0.4 is 4.90 Å². The van der Waals surface area contributed by atoms with Gasteiger partial charge in [0.1, 0.15) is 12.1 Å². The molecule has 3 aromatic heterocycles. The Kier molecular flexibility index (Phi) is 2.66. The van der Waals surface area contributed by atoms with Crippen molar-refractivity contribution in [1.82, 2.24) is 29.4 Å². The van der Waals surface area contributed by atoms with Gasteiger partial charge < -0.3 is 4.90 Å². The molecule has 1 unspecified atom stereocenters. The van der Waals surface area contributed by atoms with Crippen LogP contribution in [0.4, 0.5) is 5.82 Å². The highest BCUT2D eigenvalue weighted by atomic mass is 15.4. The summed E-state index contributed by atoms with van der Waals surface area (Å²) in [6.07, 6.45) is 6.65. The van der Waals surface area contributed by atoms with Gasteiger partial charge >= 0.3 is 0 Å². The average molecular weight is 283 g/mol. The third-order valence-corrected chi connectivity index (χ3v) is 3.95. The maximum atomic E-state index is 4.44. The molecule has 0 aromatic carbocycles.